The summed E-state index contributed by atoms with van der Waals surface area (Å²) in [6.07, 6.45) is 1.02. The van der Waals surface area contributed by atoms with E-state index in [9.17, 15) is 4.79 Å². The van der Waals surface area contributed by atoms with Crippen LogP contribution in [-0.2, 0) is 0 Å². The van der Waals surface area contributed by atoms with Crippen molar-refractivity contribution in [2.45, 2.75) is 33.2 Å². The molecular weight excluding hydrogens is 260 g/mol. The molecule has 1 aliphatic heterocycles. The number of aryl methyl sites for hydroxylation is 2. The van der Waals surface area contributed by atoms with Gasteiger partial charge in [-0.3, -0.25) is 4.79 Å². The molecule has 0 saturated carbocycles. The predicted molar refractivity (Wildman–Crippen MR) is 80.8 cm³/mol. The molecule has 1 aliphatic rings. The summed E-state index contributed by atoms with van der Waals surface area (Å²) in [4.78, 5) is 14.4. The highest BCUT2D eigenvalue weighted by Crippen LogP contribution is 2.24. The molecule has 1 aromatic carbocycles. The minimum Gasteiger partial charge on any atom is -0.336 e. The molecule has 0 aromatic heterocycles. The minimum absolute atomic E-state index is 0. The lowest BCUT2D eigenvalue weighted by Gasteiger charge is -2.22. The number of halogens is 1. The normalized spacial score (nSPS) is 22.2. The highest BCUT2D eigenvalue weighted by atomic mass is 35.5. The number of likely N-dealkylation sites (tertiary alicyclic amines) is 1. The number of hydrogen-bond acceptors (Lipinski definition) is 2. The van der Waals surface area contributed by atoms with Crippen LogP contribution in [0.5, 0.6) is 0 Å². The van der Waals surface area contributed by atoms with E-state index in [0.717, 1.165) is 18.5 Å². The zero-order valence-electron chi connectivity index (χ0n) is 11.8. The fourth-order valence-corrected chi connectivity index (χ4v) is 2.64. The molecule has 1 aromatic rings. The van der Waals surface area contributed by atoms with Crippen LogP contribution in [0.4, 0.5) is 0 Å². The van der Waals surface area contributed by atoms with Gasteiger partial charge in [0, 0.05) is 18.2 Å². The monoisotopic (exact) mass is 282 g/mol. The van der Waals surface area contributed by atoms with Gasteiger partial charge in [0.15, 0.2) is 0 Å². The Morgan fingerprint density at radius 1 is 1.37 bits per heavy atom. The maximum absolute atomic E-state index is 12.5. The molecule has 0 spiro atoms. The Hall–Kier alpha value is -1.06. The SMILES string of the molecule is Cc1ccc(C(=O)N2CC(CN)CC2C)cc1C.Cl. The van der Waals surface area contributed by atoms with Gasteiger partial charge in [-0.05, 0) is 62.9 Å². The Morgan fingerprint density at radius 3 is 2.58 bits per heavy atom. The van der Waals surface area contributed by atoms with E-state index >= 15 is 0 Å². The average molecular weight is 283 g/mol. The van der Waals surface area contributed by atoms with Gasteiger partial charge in [0.2, 0.25) is 0 Å². The van der Waals surface area contributed by atoms with Crippen molar-refractivity contribution in [3.63, 3.8) is 0 Å². The summed E-state index contributed by atoms with van der Waals surface area (Å²) < 4.78 is 0. The number of rotatable bonds is 2. The van der Waals surface area contributed by atoms with Crippen molar-refractivity contribution in [2.24, 2.45) is 11.7 Å². The maximum Gasteiger partial charge on any atom is 0.254 e. The lowest BCUT2D eigenvalue weighted by Crippen LogP contribution is -2.34. The summed E-state index contributed by atoms with van der Waals surface area (Å²) in [5, 5.41) is 0. The molecule has 2 unspecified atom stereocenters. The van der Waals surface area contributed by atoms with Gasteiger partial charge in [0.25, 0.3) is 5.91 Å². The first-order chi connectivity index (χ1) is 8.52. The van der Waals surface area contributed by atoms with Gasteiger partial charge in [-0.2, -0.15) is 0 Å². The zero-order chi connectivity index (χ0) is 13.3. The van der Waals surface area contributed by atoms with Gasteiger partial charge >= 0.3 is 0 Å². The quantitative estimate of drug-likeness (QED) is 0.906. The number of hydrogen-bond donors (Lipinski definition) is 1. The molecule has 1 amide bonds. The summed E-state index contributed by atoms with van der Waals surface area (Å²) in [6, 6.07) is 6.23. The number of carbonyl (C=O) groups is 1. The molecule has 1 saturated heterocycles. The van der Waals surface area contributed by atoms with E-state index < -0.39 is 0 Å². The number of carbonyl (C=O) groups excluding carboxylic acids is 1. The third-order valence-corrected chi connectivity index (χ3v) is 4.01. The largest absolute Gasteiger partial charge is 0.336 e. The molecule has 0 radical (unpaired) electrons. The van der Waals surface area contributed by atoms with Crippen LogP contribution in [0.2, 0.25) is 0 Å². The first-order valence-electron chi connectivity index (χ1n) is 6.61. The van der Waals surface area contributed by atoms with Crippen LogP contribution in [0, 0.1) is 19.8 Å². The highest BCUT2D eigenvalue weighted by Gasteiger charge is 2.32. The first kappa shape index (κ1) is 16.0. The number of benzene rings is 1. The van der Waals surface area contributed by atoms with Gasteiger partial charge in [-0.25, -0.2) is 0 Å². The van der Waals surface area contributed by atoms with Gasteiger partial charge < -0.3 is 10.6 Å². The molecular formula is C15H23ClN2O. The Kier molecular flexibility index (Phi) is 5.39. The molecule has 1 heterocycles. The van der Waals surface area contributed by atoms with Crippen molar-refractivity contribution < 1.29 is 4.79 Å². The lowest BCUT2D eigenvalue weighted by atomic mass is 10.1. The van der Waals surface area contributed by atoms with Crippen molar-refractivity contribution in [2.75, 3.05) is 13.1 Å². The molecule has 2 N–H and O–H groups in total. The zero-order valence-corrected chi connectivity index (χ0v) is 12.7. The summed E-state index contributed by atoms with van der Waals surface area (Å²) in [5.74, 6) is 0.594. The van der Waals surface area contributed by atoms with E-state index in [1.165, 1.54) is 11.1 Å². The summed E-state index contributed by atoms with van der Waals surface area (Å²) >= 11 is 0. The predicted octanol–water partition coefficient (Wildman–Crippen LogP) is 2.53. The lowest BCUT2D eigenvalue weighted by molar-refractivity contribution is 0.0743. The Bertz CT molecular complexity index is 461. The van der Waals surface area contributed by atoms with Gasteiger partial charge in [0.05, 0.1) is 0 Å². The minimum atomic E-state index is 0. The van der Waals surface area contributed by atoms with Crippen molar-refractivity contribution in [3.05, 3.63) is 34.9 Å². The van der Waals surface area contributed by atoms with E-state index in [1.54, 1.807) is 0 Å². The van der Waals surface area contributed by atoms with E-state index in [-0.39, 0.29) is 18.3 Å². The molecule has 1 fully saturated rings. The van der Waals surface area contributed by atoms with E-state index in [4.69, 9.17) is 5.73 Å². The second-order valence-corrected chi connectivity index (χ2v) is 5.44. The van der Waals surface area contributed by atoms with Crippen molar-refractivity contribution in [3.8, 4) is 0 Å². The summed E-state index contributed by atoms with van der Waals surface area (Å²) in [7, 11) is 0. The van der Waals surface area contributed by atoms with E-state index in [2.05, 4.69) is 13.8 Å². The third-order valence-electron chi connectivity index (χ3n) is 4.01. The van der Waals surface area contributed by atoms with Crippen LogP contribution in [0.25, 0.3) is 0 Å². The standard InChI is InChI=1S/C15H22N2O.ClH/c1-10-4-5-14(6-11(10)2)15(18)17-9-13(8-16)7-12(17)3;/h4-6,12-13H,7-9,16H2,1-3H3;1H. The van der Waals surface area contributed by atoms with E-state index in [0.29, 0.717) is 18.5 Å². The van der Waals surface area contributed by atoms with Crippen LogP contribution in [0.3, 0.4) is 0 Å². The van der Waals surface area contributed by atoms with Crippen molar-refractivity contribution >= 4 is 18.3 Å². The van der Waals surface area contributed by atoms with Crippen LogP contribution < -0.4 is 5.73 Å². The highest BCUT2D eigenvalue weighted by molar-refractivity contribution is 5.94. The van der Waals surface area contributed by atoms with Gasteiger partial charge in [0.1, 0.15) is 0 Å². The van der Waals surface area contributed by atoms with Gasteiger partial charge in [-0.15, -0.1) is 12.4 Å². The fraction of sp³-hybridized carbons (Fsp3) is 0.533. The smallest absolute Gasteiger partial charge is 0.254 e. The second-order valence-electron chi connectivity index (χ2n) is 5.44. The Morgan fingerprint density at radius 2 is 2.05 bits per heavy atom. The van der Waals surface area contributed by atoms with Crippen LogP contribution in [0.15, 0.2) is 18.2 Å². The number of amides is 1. The topological polar surface area (TPSA) is 46.3 Å². The average Bonchev–Trinajstić information content (AvgIpc) is 2.73. The molecule has 0 aliphatic carbocycles. The third kappa shape index (κ3) is 3.28. The van der Waals surface area contributed by atoms with Crippen LogP contribution in [0.1, 0.15) is 34.8 Å². The van der Waals surface area contributed by atoms with Crippen molar-refractivity contribution in [1.82, 2.24) is 4.90 Å². The van der Waals surface area contributed by atoms with Crippen LogP contribution in [-0.4, -0.2) is 29.9 Å². The van der Waals surface area contributed by atoms with Crippen LogP contribution >= 0.6 is 12.4 Å². The molecule has 3 nitrogen and oxygen atoms in total. The number of nitrogens with zero attached hydrogens (tertiary/aromatic N) is 1. The number of nitrogens with two attached hydrogens (primary N) is 1. The van der Waals surface area contributed by atoms with Gasteiger partial charge in [-0.1, -0.05) is 6.07 Å². The van der Waals surface area contributed by atoms with Crippen molar-refractivity contribution in [1.29, 1.82) is 0 Å². The maximum atomic E-state index is 12.5. The van der Waals surface area contributed by atoms with E-state index in [1.807, 2.05) is 30.0 Å². The second kappa shape index (κ2) is 6.40. The summed E-state index contributed by atoms with van der Waals surface area (Å²) in [6.45, 7) is 7.67. The Labute approximate surface area is 121 Å². The Balaban J connectivity index is 0.00000180. The first-order valence-corrected chi connectivity index (χ1v) is 6.61. The molecule has 2 rings (SSSR count). The molecule has 106 valence electrons. The molecule has 19 heavy (non-hydrogen) atoms. The molecule has 4 heteroatoms. The molecule has 0 bridgehead atoms. The fourth-order valence-electron chi connectivity index (χ4n) is 2.64. The summed E-state index contributed by atoms with van der Waals surface area (Å²) in [5.41, 5.74) is 8.89. The molecule has 2 atom stereocenters.